The van der Waals surface area contributed by atoms with E-state index < -0.39 is 0 Å². The van der Waals surface area contributed by atoms with Crippen LogP contribution in [0.4, 0.5) is 4.39 Å². The zero-order valence-electron chi connectivity index (χ0n) is 14.5. The summed E-state index contributed by atoms with van der Waals surface area (Å²) in [5.41, 5.74) is 1.71. The molecular formula is C20H21FN2O3. The molecule has 136 valence electrons. The summed E-state index contributed by atoms with van der Waals surface area (Å²) >= 11 is 0. The highest BCUT2D eigenvalue weighted by Crippen LogP contribution is 2.31. The van der Waals surface area contributed by atoms with Crippen molar-refractivity contribution in [2.45, 2.75) is 6.54 Å². The van der Waals surface area contributed by atoms with Crippen LogP contribution in [0.25, 0.3) is 0 Å². The molecule has 0 atom stereocenters. The van der Waals surface area contributed by atoms with Crippen LogP contribution in [0.3, 0.4) is 0 Å². The normalized spacial score (nSPS) is 17.2. The second kappa shape index (κ2) is 7.33. The number of carbonyl (C=O) groups excluding carboxylic acids is 1. The standard InChI is InChI=1S/C20H21FN2O3/c21-17-4-1-15(2-5-17)14-22-7-9-23(10-8-22)20(24)16-3-6-18-19(13-16)26-12-11-25-18/h1-6,13H,7-12,14H2. The van der Waals surface area contributed by atoms with Gasteiger partial charge in [-0.05, 0) is 35.9 Å². The van der Waals surface area contributed by atoms with E-state index in [0.29, 0.717) is 43.4 Å². The van der Waals surface area contributed by atoms with Gasteiger partial charge in [-0.3, -0.25) is 9.69 Å². The first-order valence-electron chi connectivity index (χ1n) is 8.85. The van der Waals surface area contributed by atoms with Gasteiger partial charge >= 0.3 is 0 Å². The van der Waals surface area contributed by atoms with Gasteiger partial charge in [-0.1, -0.05) is 12.1 Å². The van der Waals surface area contributed by atoms with Crippen LogP contribution >= 0.6 is 0 Å². The van der Waals surface area contributed by atoms with Gasteiger partial charge in [-0.15, -0.1) is 0 Å². The van der Waals surface area contributed by atoms with Gasteiger partial charge in [0.25, 0.3) is 5.91 Å². The Balaban J connectivity index is 1.35. The molecule has 2 aliphatic rings. The molecule has 2 aliphatic heterocycles. The average molecular weight is 356 g/mol. The summed E-state index contributed by atoms with van der Waals surface area (Å²) < 4.78 is 24.1. The van der Waals surface area contributed by atoms with E-state index in [1.165, 1.54) is 12.1 Å². The molecule has 2 heterocycles. The van der Waals surface area contributed by atoms with Gasteiger partial charge in [0.1, 0.15) is 19.0 Å². The third-order valence-corrected chi connectivity index (χ3v) is 4.77. The molecule has 0 saturated carbocycles. The highest BCUT2D eigenvalue weighted by atomic mass is 19.1. The molecule has 2 aromatic carbocycles. The fourth-order valence-electron chi connectivity index (χ4n) is 3.32. The number of rotatable bonds is 3. The lowest BCUT2D eigenvalue weighted by atomic mass is 10.1. The van der Waals surface area contributed by atoms with Crippen molar-refractivity contribution in [3.8, 4) is 11.5 Å². The predicted molar refractivity (Wildman–Crippen MR) is 95.0 cm³/mol. The monoisotopic (exact) mass is 356 g/mol. The molecule has 5 nitrogen and oxygen atoms in total. The van der Waals surface area contributed by atoms with Crippen molar-refractivity contribution in [1.82, 2.24) is 9.80 Å². The van der Waals surface area contributed by atoms with Crippen molar-refractivity contribution in [1.29, 1.82) is 0 Å². The van der Waals surface area contributed by atoms with E-state index in [1.54, 1.807) is 18.2 Å². The van der Waals surface area contributed by atoms with Crippen LogP contribution in [0.2, 0.25) is 0 Å². The summed E-state index contributed by atoms with van der Waals surface area (Å²) in [6.45, 7) is 4.76. The maximum Gasteiger partial charge on any atom is 0.254 e. The molecule has 1 amide bonds. The second-order valence-corrected chi connectivity index (χ2v) is 6.55. The van der Waals surface area contributed by atoms with Crippen LogP contribution in [0.15, 0.2) is 42.5 Å². The van der Waals surface area contributed by atoms with Crippen LogP contribution in [0.5, 0.6) is 11.5 Å². The van der Waals surface area contributed by atoms with Crippen molar-refractivity contribution in [3.05, 3.63) is 59.4 Å². The number of hydrogen-bond acceptors (Lipinski definition) is 4. The van der Waals surface area contributed by atoms with E-state index in [9.17, 15) is 9.18 Å². The zero-order chi connectivity index (χ0) is 17.9. The van der Waals surface area contributed by atoms with Gasteiger partial charge in [0.05, 0.1) is 0 Å². The third kappa shape index (κ3) is 3.65. The second-order valence-electron chi connectivity index (χ2n) is 6.55. The molecule has 0 aliphatic carbocycles. The molecule has 4 rings (SSSR count). The Morgan fingerprint density at radius 1 is 0.923 bits per heavy atom. The highest BCUT2D eigenvalue weighted by Gasteiger charge is 2.23. The van der Waals surface area contributed by atoms with E-state index in [2.05, 4.69) is 4.90 Å². The minimum atomic E-state index is -0.219. The average Bonchev–Trinajstić information content (AvgIpc) is 2.69. The molecule has 6 heteroatoms. The van der Waals surface area contributed by atoms with Gasteiger partial charge in [0, 0.05) is 38.3 Å². The molecular weight excluding hydrogens is 335 g/mol. The number of fused-ring (bicyclic) bond motifs is 1. The van der Waals surface area contributed by atoms with Crippen LogP contribution in [0, 0.1) is 5.82 Å². The minimum absolute atomic E-state index is 0.0170. The maximum absolute atomic E-state index is 13.0. The number of benzene rings is 2. The molecule has 1 saturated heterocycles. The zero-order valence-corrected chi connectivity index (χ0v) is 14.5. The summed E-state index contributed by atoms with van der Waals surface area (Å²) in [4.78, 5) is 16.9. The Kier molecular flexibility index (Phi) is 4.75. The Hall–Kier alpha value is -2.60. The molecule has 2 aromatic rings. The number of halogens is 1. The van der Waals surface area contributed by atoms with E-state index in [1.807, 2.05) is 17.0 Å². The minimum Gasteiger partial charge on any atom is -0.486 e. The Bertz CT molecular complexity index is 786. The largest absolute Gasteiger partial charge is 0.486 e. The Labute approximate surface area is 151 Å². The fraction of sp³-hybridized carbons (Fsp3) is 0.350. The number of nitrogens with zero attached hydrogens (tertiary/aromatic N) is 2. The van der Waals surface area contributed by atoms with Gasteiger partial charge in [-0.25, -0.2) is 4.39 Å². The van der Waals surface area contributed by atoms with Crippen molar-refractivity contribution in [2.24, 2.45) is 0 Å². The first-order chi connectivity index (χ1) is 12.7. The summed E-state index contributed by atoms with van der Waals surface area (Å²) in [7, 11) is 0. The first-order valence-corrected chi connectivity index (χ1v) is 8.85. The van der Waals surface area contributed by atoms with Crippen LogP contribution < -0.4 is 9.47 Å². The number of hydrogen-bond donors (Lipinski definition) is 0. The van der Waals surface area contributed by atoms with E-state index in [4.69, 9.17) is 9.47 Å². The van der Waals surface area contributed by atoms with Crippen LogP contribution in [-0.4, -0.2) is 55.1 Å². The van der Waals surface area contributed by atoms with E-state index in [-0.39, 0.29) is 11.7 Å². The molecule has 0 unspecified atom stereocenters. The maximum atomic E-state index is 13.0. The summed E-state index contributed by atoms with van der Waals surface area (Å²) in [5.74, 6) is 1.13. The predicted octanol–water partition coefficient (Wildman–Crippen LogP) is 2.55. The smallest absolute Gasteiger partial charge is 0.254 e. The molecule has 0 spiro atoms. The van der Waals surface area contributed by atoms with Gasteiger partial charge in [-0.2, -0.15) is 0 Å². The highest BCUT2D eigenvalue weighted by molar-refractivity contribution is 5.95. The molecule has 0 aromatic heterocycles. The van der Waals surface area contributed by atoms with Gasteiger partial charge < -0.3 is 14.4 Å². The summed E-state index contributed by atoms with van der Waals surface area (Å²) in [5, 5.41) is 0. The summed E-state index contributed by atoms with van der Waals surface area (Å²) in [6, 6.07) is 11.9. The lowest BCUT2D eigenvalue weighted by Gasteiger charge is -2.35. The van der Waals surface area contributed by atoms with Crippen molar-refractivity contribution in [2.75, 3.05) is 39.4 Å². The lowest BCUT2D eigenvalue weighted by molar-refractivity contribution is 0.0627. The fourth-order valence-corrected chi connectivity index (χ4v) is 3.32. The SMILES string of the molecule is O=C(c1ccc2c(c1)OCCO2)N1CCN(Cc2ccc(F)cc2)CC1. The van der Waals surface area contributed by atoms with Crippen LogP contribution in [0.1, 0.15) is 15.9 Å². The number of carbonyl (C=O) groups is 1. The van der Waals surface area contributed by atoms with Gasteiger partial charge in [0.2, 0.25) is 0 Å². The first kappa shape index (κ1) is 16.8. The molecule has 0 bridgehead atoms. The number of ether oxygens (including phenoxy) is 2. The van der Waals surface area contributed by atoms with Crippen molar-refractivity contribution >= 4 is 5.91 Å². The van der Waals surface area contributed by atoms with Gasteiger partial charge in [0.15, 0.2) is 11.5 Å². The number of piperazine rings is 1. The topological polar surface area (TPSA) is 42.0 Å². The molecule has 0 radical (unpaired) electrons. The van der Waals surface area contributed by atoms with Crippen molar-refractivity contribution in [3.63, 3.8) is 0 Å². The quantitative estimate of drug-likeness (QED) is 0.848. The molecule has 26 heavy (non-hydrogen) atoms. The van der Waals surface area contributed by atoms with Crippen LogP contribution in [-0.2, 0) is 6.54 Å². The Morgan fingerprint density at radius 2 is 1.62 bits per heavy atom. The van der Waals surface area contributed by atoms with Crippen molar-refractivity contribution < 1.29 is 18.7 Å². The van der Waals surface area contributed by atoms with E-state index in [0.717, 1.165) is 25.2 Å². The summed E-state index contributed by atoms with van der Waals surface area (Å²) in [6.07, 6.45) is 0. The number of amides is 1. The molecule has 1 fully saturated rings. The van der Waals surface area contributed by atoms with E-state index >= 15 is 0 Å². The Morgan fingerprint density at radius 3 is 2.35 bits per heavy atom. The lowest BCUT2D eigenvalue weighted by Crippen LogP contribution is -2.48. The molecule has 0 N–H and O–H groups in total. The third-order valence-electron chi connectivity index (χ3n) is 4.77.